The van der Waals surface area contributed by atoms with Crippen molar-refractivity contribution < 1.29 is 22.0 Å². The Morgan fingerprint density at radius 1 is 1.17 bits per heavy atom. The minimum Gasteiger partial charge on any atom is -0.451 e. The SMILES string of the molecule is Cc1ccc2c(=O)cc(C(=O)N(Cc3ccc(F)cc3)C3CCS(=O)(=O)C3)oc2c1. The molecule has 0 N–H and O–H groups in total. The standard InChI is InChI=1S/C22H20FNO5S/c1-14-2-7-18-19(25)11-21(29-20(18)10-14)22(26)24(17-8-9-30(27,28)13-17)12-15-3-5-16(23)6-4-15/h2-7,10-11,17H,8-9,12-13H2,1H3. The van der Waals surface area contributed by atoms with Crippen LogP contribution in [0.2, 0.25) is 0 Å². The summed E-state index contributed by atoms with van der Waals surface area (Å²) in [6.07, 6.45) is 0.298. The molecular formula is C22H20FNO5S. The van der Waals surface area contributed by atoms with Crippen molar-refractivity contribution in [3.8, 4) is 0 Å². The lowest BCUT2D eigenvalue weighted by Gasteiger charge is -2.28. The molecule has 1 aliphatic heterocycles. The van der Waals surface area contributed by atoms with Gasteiger partial charge in [0.2, 0.25) is 0 Å². The lowest BCUT2D eigenvalue weighted by atomic mass is 10.1. The Bertz CT molecular complexity index is 1280. The van der Waals surface area contributed by atoms with Crippen molar-refractivity contribution in [1.82, 2.24) is 4.90 Å². The molecule has 1 amide bonds. The number of rotatable bonds is 4. The van der Waals surface area contributed by atoms with E-state index in [1.54, 1.807) is 30.3 Å². The van der Waals surface area contributed by atoms with Gasteiger partial charge in [0.15, 0.2) is 21.0 Å². The smallest absolute Gasteiger partial charge is 0.290 e. The molecule has 1 aromatic heterocycles. The van der Waals surface area contributed by atoms with E-state index in [9.17, 15) is 22.4 Å². The topological polar surface area (TPSA) is 84.7 Å². The first kappa shape index (κ1) is 20.3. The molecule has 0 saturated carbocycles. The van der Waals surface area contributed by atoms with Crippen LogP contribution in [-0.2, 0) is 16.4 Å². The molecule has 1 atom stereocenters. The number of benzene rings is 2. The minimum absolute atomic E-state index is 0.00821. The summed E-state index contributed by atoms with van der Waals surface area (Å²) < 4.78 is 43.0. The molecule has 1 aliphatic rings. The van der Waals surface area contributed by atoms with Crippen LogP contribution in [-0.4, -0.2) is 36.8 Å². The summed E-state index contributed by atoms with van der Waals surface area (Å²) >= 11 is 0. The van der Waals surface area contributed by atoms with Gasteiger partial charge in [0.05, 0.1) is 16.9 Å². The lowest BCUT2D eigenvalue weighted by Crippen LogP contribution is -2.40. The molecule has 4 rings (SSSR count). The number of aryl methyl sites for hydroxylation is 1. The maximum atomic E-state index is 13.3. The molecule has 0 radical (unpaired) electrons. The monoisotopic (exact) mass is 429 g/mol. The zero-order valence-electron chi connectivity index (χ0n) is 16.3. The highest BCUT2D eigenvalue weighted by Gasteiger charge is 2.36. The average Bonchev–Trinajstić information content (AvgIpc) is 3.06. The number of amides is 1. The third-order valence-corrected chi connectivity index (χ3v) is 7.02. The molecule has 2 heterocycles. The van der Waals surface area contributed by atoms with Crippen LogP contribution in [0.15, 0.2) is 57.7 Å². The fourth-order valence-corrected chi connectivity index (χ4v) is 5.41. The molecular weight excluding hydrogens is 409 g/mol. The summed E-state index contributed by atoms with van der Waals surface area (Å²) in [6.45, 7) is 1.92. The fourth-order valence-electron chi connectivity index (χ4n) is 3.68. The van der Waals surface area contributed by atoms with Gasteiger partial charge in [-0.1, -0.05) is 18.2 Å². The van der Waals surface area contributed by atoms with Crippen LogP contribution in [0.1, 0.15) is 28.1 Å². The van der Waals surface area contributed by atoms with Gasteiger partial charge in [-0.05, 0) is 48.7 Å². The number of hydrogen-bond donors (Lipinski definition) is 0. The molecule has 156 valence electrons. The zero-order valence-corrected chi connectivity index (χ0v) is 17.1. The number of fused-ring (bicyclic) bond motifs is 1. The van der Waals surface area contributed by atoms with Gasteiger partial charge in [0.1, 0.15) is 11.4 Å². The highest BCUT2D eigenvalue weighted by atomic mass is 32.2. The van der Waals surface area contributed by atoms with Crippen LogP contribution in [0.3, 0.4) is 0 Å². The second kappa shape index (κ2) is 7.68. The van der Waals surface area contributed by atoms with Gasteiger partial charge in [-0.3, -0.25) is 9.59 Å². The third kappa shape index (κ3) is 4.14. The van der Waals surface area contributed by atoms with E-state index in [1.807, 2.05) is 6.92 Å². The number of sulfone groups is 1. The first-order chi connectivity index (χ1) is 14.2. The van der Waals surface area contributed by atoms with Gasteiger partial charge in [-0.25, -0.2) is 12.8 Å². The van der Waals surface area contributed by atoms with Crippen LogP contribution in [0.25, 0.3) is 11.0 Å². The van der Waals surface area contributed by atoms with Crippen molar-refractivity contribution in [2.24, 2.45) is 0 Å². The number of nitrogens with zero attached hydrogens (tertiary/aromatic N) is 1. The predicted molar refractivity (Wildman–Crippen MR) is 111 cm³/mol. The first-order valence-corrected chi connectivity index (χ1v) is 11.3. The largest absolute Gasteiger partial charge is 0.451 e. The Kier molecular flexibility index (Phi) is 5.19. The summed E-state index contributed by atoms with van der Waals surface area (Å²) in [6, 6.07) is 11.3. The molecule has 2 aromatic carbocycles. The van der Waals surface area contributed by atoms with Crippen molar-refractivity contribution in [3.05, 3.63) is 81.5 Å². The number of carbonyl (C=O) groups is 1. The van der Waals surface area contributed by atoms with E-state index in [2.05, 4.69) is 0 Å². The molecule has 0 aliphatic carbocycles. The van der Waals surface area contributed by atoms with Gasteiger partial charge >= 0.3 is 0 Å². The zero-order chi connectivity index (χ0) is 21.5. The maximum Gasteiger partial charge on any atom is 0.290 e. The Labute approximate surface area is 172 Å². The highest BCUT2D eigenvalue weighted by molar-refractivity contribution is 7.91. The average molecular weight is 429 g/mol. The van der Waals surface area contributed by atoms with Crippen LogP contribution in [0.4, 0.5) is 4.39 Å². The number of carbonyl (C=O) groups excluding carboxylic acids is 1. The third-order valence-electron chi connectivity index (χ3n) is 5.27. The second-order valence-corrected chi connectivity index (χ2v) is 9.82. The molecule has 0 spiro atoms. The Hall–Kier alpha value is -3.00. The van der Waals surface area contributed by atoms with E-state index in [4.69, 9.17) is 4.42 Å². The van der Waals surface area contributed by atoms with Crippen molar-refractivity contribution in [3.63, 3.8) is 0 Å². The Morgan fingerprint density at radius 3 is 2.57 bits per heavy atom. The minimum atomic E-state index is -3.25. The lowest BCUT2D eigenvalue weighted by molar-refractivity contribution is 0.0648. The maximum absolute atomic E-state index is 13.3. The molecule has 1 saturated heterocycles. The van der Waals surface area contributed by atoms with E-state index in [1.165, 1.54) is 17.0 Å². The molecule has 3 aromatic rings. The molecule has 1 fully saturated rings. The van der Waals surface area contributed by atoms with Crippen LogP contribution in [0, 0.1) is 12.7 Å². The summed E-state index contributed by atoms with van der Waals surface area (Å²) in [4.78, 5) is 27.2. The van der Waals surface area contributed by atoms with Crippen molar-refractivity contribution in [2.75, 3.05) is 11.5 Å². The predicted octanol–water partition coefficient (Wildman–Crippen LogP) is 3.07. The van der Waals surface area contributed by atoms with E-state index in [0.717, 1.165) is 11.6 Å². The van der Waals surface area contributed by atoms with E-state index in [-0.39, 0.29) is 29.2 Å². The van der Waals surface area contributed by atoms with Gasteiger partial charge in [-0.15, -0.1) is 0 Å². The Balaban J connectivity index is 1.74. The highest BCUT2D eigenvalue weighted by Crippen LogP contribution is 2.23. The second-order valence-electron chi connectivity index (χ2n) is 7.59. The molecule has 1 unspecified atom stereocenters. The number of hydrogen-bond acceptors (Lipinski definition) is 5. The van der Waals surface area contributed by atoms with Gasteiger partial charge in [0, 0.05) is 18.7 Å². The summed E-state index contributed by atoms with van der Waals surface area (Å²) in [7, 11) is -3.25. The Morgan fingerprint density at radius 2 is 1.90 bits per heavy atom. The number of halogens is 1. The van der Waals surface area contributed by atoms with Crippen LogP contribution >= 0.6 is 0 Å². The fraction of sp³-hybridized carbons (Fsp3) is 0.273. The summed E-state index contributed by atoms with van der Waals surface area (Å²) in [5.41, 5.74) is 1.47. The molecule has 30 heavy (non-hydrogen) atoms. The van der Waals surface area contributed by atoms with Crippen LogP contribution < -0.4 is 5.43 Å². The van der Waals surface area contributed by atoms with Gasteiger partial charge in [-0.2, -0.15) is 0 Å². The van der Waals surface area contributed by atoms with Crippen molar-refractivity contribution >= 4 is 26.7 Å². The van der Waals surface area contributed by atoms with Crippen molar-refractivity contribution in [1.29, 1.82) is 0 Å². The van der Waals surface area contributed by atoms with E-state index in [0.29, 0.717) is 23.0 Å². The molecule has 6 nitrogen and oxygen atoms in total. The summed E-state index contributed by atoms with van der Waals surface area (Å²) in [5, 5.41) is 0.366. The van der Waals surface area contributed by atoms with Gasteiger partial charge in [0.25, 0.3) is 5.91 Å². The quantitative estimate of drug-likeness (QED) is 0.636. The van der Waals surface area contributed by atoms with E-state index < -0.39 is 27.6 Å². The van der Waals surface area contributed by atoms with Crippen molar-refractivity contribution in [2.45, 2.75) is 25.9 Å². The molecule has 8 heteroatoms. The summed E-state index contributed by atoms with van der Waals surface area (Å²) in [5.74, 6) is -1.29. The molecule has 0 bridgehead atoms. The normalized spacial score (nSPS) is 17.9. The first-order valence-electron chi connectivity index (χ1n) is 9.52. The van der Waals surface area contributed by atoms with Crippen LogP contribution in [0.5, 0.6) is 0 Å². The van der Waals surface area contributed by atoms with Gasteiger partial charge < -0.3 is 9.32 Å². The van der Waals surface area contributed by atoms with E-state index >= 15 is 0 Å².